The Morgan fingerprint density at radius 1 is 0.780 bits per heavy atom. The van der Waals surface area contributed by atoms with E-state index in [-0.39, 0.29) is 12.8 Å². The zero-order valence-corrected chi connectivity index (χ0v) is 23.9. The van der Waals surface area contributed by atoms with Crippen LogP contribution in [0.15, 0.2) is 109 Å². The summed E-state index contributed by atoms with van der Waals surface area (Å²) in [6, 6.07) is 35.8. The lowest BCUT2D eigenvalue weighted by Gasteiger charge is -2.31. The first kappa shape index (κ1) is 29.8. The Kier molecular flexibility index (Phi) is 11.8. The van der Waals surface area contributed by atoms with Gasteiger partial charge in [-0.05, 0) is 41.7 Å². The van der Waals surface area contributed by atoms with E-state index in [1.165, 1.54) is 5.56 Å². The molecule has 0 heterocycles. The van der Waals surface area contributed by atoms with Crippen molar-refractivity contribution < 1.29 is 23.7 Å². The highest BCUT2D eigenvalue weighted by Gasteiger charge is 2.29. The van der Waals surface area contributed by atoms with Gasteiger partial charge in [0.05, 0.1) is 6.61 Å². The Morgan fingerprint density at radius 3 is 2.05 bits per heavy atom. The molecule has 1 unspecified atom stereocenters. The Bertz CT molecular complexity index is 1310. The van der Waals surface area contributed by atoms with Gasteiger partial charge < -0.3 is 18.9 Å². The van der Waals surface area contributed by atoms with E-state index in [1.54, 1.807) is 7.11 Å². The number of carbonyl (C=O) groups is 1. The normalized spacial score (nSPS) is 11.7. The maximum atomic E-state index is 13.5. The van der Waals surface area contributed by atoms with E-state index >= 15 is 0 Å². The summed E-state index contributed by atoms with van der Waals surface area (Å²) in [7, 11) is 1.59. The van der Waals surface area contributed by atoms with Gasteiger partial charge in [-0.15, -0.1) is 0 Å². The average molecular weight is 554 g/mol. The molecule has 0 saturated heterocycles. The van der Waals surface area contributed by atoms with Crippen molar-refractivity contribution in [2.75, 3.05) is 27.1 Å². The molecule has 0 N–H and O–H groups in total. The van der Waals surface area contributed by atoms with Gasteiger partial charge in [-0.3, -0.25) is 9.69 Å². The fourth-order valence-corrected chi connectivity index (χ4v) is 4.68. The second-order valence-electron chi connectivity index (χ2n) is 9.76. The van der Waals surface area contributed by atoms with E-state index in [9.17, 15) is 4.79 Å². The Labute approximate surface area is 243 Å². The smallest absolute Gasteiger partial charge is 0.323 e. The summed E-state index contributed by atoms with van der Waals surface area (Å²) < 4.78 is 22.8. The Morgan fingerprint density at radius 2 is 1.41 bits per heavy atom. The van der Waals surface area contributed by atoms with E-state index in [4.69, 9.17) is 18.9 Å². The molecule has 0 spiro atoms. The predicted molar refractivity (Wildman–Crippen MR) is 161 cm³/mol. The average Bonchev–Trinajstić information content (AvgIpc) is 3.02. The summed E-state index contributed by atoms with van der Waals surface area (Å²) in [5, 5.41) is 0. The summed E-state index contributed by atoms with van der Waals surface area (Å²) in [4.78, 5) is 15.7. The van der Waals surface area contributed by atoms with Crippen LogP contribution in [-0.4, -0.2) is 44.0 Å². The summed E-state index contributed by atoms with van der Waals surface area (Å²) in [6.07, 6.45) is 1.22. The molecular weight excluding hydrogens is 514 g/mol. The summed E-state index contributed by atoms with van der Waals surface area (Å²) >= 11 is 0. The quantitative estimate of drug-likeness (QED) is 0.117. The van der Waals surface area contributed by atoms with Gasteiger partial charge >= 0.3 is 5.97 Å². The molecule has 0 bridgehead atoms. The molecule has 0 amide bonds. The van der Waals surface area contributed by atoms with E-state index in [2.05, 4.69) is 29.2 Å². The van der Waals surface area contributed by atoms with E-state index < -0.39 is 6.04 Å². The lowest BCUT2D eigenvalue weighted by molar-refractivity contribution is -0.149. The molecule has 214 valence electrons. The van der Waals surface area contributed by atoms with Crippen LogP contribution in [0.3, 0.4) is 0 Å². The molecule has 6 nitrogen and oxygen atoms in total. The minimum Gasteiger partial charge on any atom is -0.489 e. The van der Waals surface area contributed by atoms with E-state index in [0.29, 0.717) is 44.2 Å². The highest BCUT2D eigenvalue weighted by atomic mass is 16.7. The van der Waals surface area contributed by atoms with Crippen LogP contribution in [0.2, 0.25) is 0 Å². The van der Waals surface area contributed by atoms with E-state index in [0.717, 1.165) is 23.1 Å². The van der Waals surface area contributed by atoms with Gasteiger partial charge in [-0.1, -0.05) is 97.1 Å². The zero-order valence-electron chi connectivity index (χ0n) is 23.9. The molecule has 41 heavy (non-hydrogen) atoms. The first-order valence-corrected chi connectivity index (χ1v) is 14.1. The molecule has 6 heteroatoms. The molecule has 4 aromatic carbocycles. The number of hydrogen-bond donors (Lipinski definition) is 0. The molecular formula is C35H39NO5. The molecule has 0 aliphatic carbocycles. The molecule has 4 aromatic rings. The first-order valence-electron chi connectivity index (χ1n) is 14.1. The van der Waals surface area contributed by atoms with Crippen molar-refractivity contribution in [2.24, 2.45) is 0 Å². The fourth-order valence-electron chi connectivity index (χ4n) is 4.68. The molecule has 4 rings (SSSR count). The number of benzene rings is 4. The first-order chi connectivity index (χ1) is 20.2. The van der Waals surface area contributed by atoms with Crippen LogP contribution in [0.5, 0.6) is 11.5 Å². The second-order valence-corrected chi connectivity index (χ2v) is 9.76. The Balaban J connectivity index is 1.60. The number of ether oxygens (including phenoxy) is 4. The number of carbonyl (C=O) groups excluding carboxylic acids is 1. The zero-order chi connectivity index (χ0) is 28.7. The third kappa shape index (κ3) is 9.48. The summed E-state index contributed by atoms with van der Waals surface area (Å²) in [5.74, 6) is 1.05. The highest BCUT2D eigenvalue weighted by molar-refractivity contribution is 5.76. The topological polar surface area (TPSA) is 57.2 Å². The Hall–Kier alpha value is -4.13. The van der Waals surface area contributed by atoms with Crippen LogP contribution < -0.4 is 9.47 Å². The van der Waals surface area contributed by atoms with Crippen LogP contribution in [0.4, 0.5) is 0 Å². The van der Waals surface area contributed by atoms with Crippen LogP contribution in [0, 0.1) is 0 Å². The molecule has 0 aromatic heterocycles. The van der Waals surface area contributed by atoms with Gasteiger partial charge in [0.15, 0.2) is 6.79 Å². The molecule has 0 aliphatic rings. The third-order valence-electron chi connectivity index (χ3n) is 6.79. The van der Waals surface area contributed by atoms with Gasteiger partial charge in [0, 0.05) is 32.7 Å². The lowest BCUT2D eigenvalue weighted by Crippen LogP contribution is -2.44. The van der Waals surface area contributed by atoms with Crippen molar-refractivity contribution in [3.05, 3.63) is 131 Å². The van der Waals surface area contributed by atoms with E-state index in [1.807, 2.05) is 91.9 Å². The minimum absolute atomic E-state index is 0.0843. The summed E-state index contributed by atoms with van der Waals surface area (Å²) in [6.45, 7) is 3.98. The summed E-state index contributed by atoms with van der Waals surface area (Å²) in [5.41, 5.74) is 4.31. The minimum atomic E-state index is -0.514. The number of hydrogen-bond acceptors (Lipinski definition) is 6. The van der Waals surface area contributed by atoms with Crippen LogP contribution in [-0.2, 0) is 40.3 Å². The van der Waals surface area contributed by atoms with Gasteiger partial charge in [0.25, 0.3) is 0 Å². The van der Waals surface area contributed by atoms with Crippen LogP contribution >= 0.6 is 0 Å². The number of rotatable bonds is 16. The van der Waals surface area contributed by atoms with Crippen LogP contribution in [0.1, 0.15) is 29.2 Å². The van der Waals surface area contributed by atoms with Crippen molar-refractivity contribution >= 4 is 5.97 Å². The standard InChI is InChI=1S/C35H39NO5/c1-3-39-35(37)33(36(25-29-15-9-5-10-16-29)22-21-28-13-7-4-8-14-28)23-31-19-20-32(24-34(31)41-27-38-2)40-26-30-17-11-6-12-18-30/h4-20,24,33H,3,21-23,25-27H2,1-2H3. The second kappa shape index (κ2) is 16.2. The van der Waals surface area contributed by atoms with Gasteiger partial charge in [0.1, 0.15) is 24.1 Å². The molecule has 0 fully saturated rings. The van der Waals surface area contributed by atoms with Crippen molar-refractivity contribution in [2.45, 2.75) is 39.0 Å². The maximum Gasteiger partial charge on any atom is 0.323 e. The lowest BCUT2D eigenvalue weighted by atomic mass is 10.0. The van der Waals surface area contributed by atoms with Gasteiger partial charge in [0.2, 0.25) is 0 Å². The SMILES string of the molecule is CCOC(=O)C(Cc1ccc(OCc2ccccc2)cc1OCOC)N(CCc1ccccc1)Cc1ccccc1. The van der Waals surface area contributed by atoms with Crippen molar-refractivity contribution in [3.8, 4) is 11.5 Å². The third-order valence-corrected chi connectivity index (χ3v) is 6.79. The van der Waals surface area contributed by atoms with Crippen molar-refractivity contribution in [1.82, 2.24) is 4.90 Å². The monoisotopic (exact) mass is 553 g/mol. The largest absolute Gasteiger partial charge is 0.489 e. The van der Waals surface area contributed by atoms with Crippen molar-refractivity contribution in [1.29, 1.82) is 0 Å². The fraction of sp³-hybridized carbons (Fsp3) is 0.286. The molecule has 0 aliphatic heterocycles. The highest BCUT2D eigenvalue weighted by Crippen LogP contribution is 2.29. The van der Waals surface area contributed by atoms with Crippen LogP contribution in [0.25, 0.3) is 0 Å². The maximum absolute atomic E-state index is 13.5. The number of methoxy groups -OCH3 is 1. The number of esters is 1. The van der Waals surface area contributed by atoms with Crippen molar-refractivity contribution in [3.63, 3.8) is 0 Å². The molecule has 0 saturated carbocycles. The van der Waals surface area contributed by atoms with Gasteiger partial charge in [-0.2, -0.15) is 0 Å². The predicted octanol–water partition coefficient (Wildman–Crippen LogP) is 6.47. The van der Waals surface area contributed by atoms with Gasteiger partial charge in [-0.25, -0.2) is 0 Å². The molecule has 0 radical (unpaired) electrons. The molecule has 1 atom stereocenters. The number of nitrogens with zero attached hydrogens (tertiary/aromatic N) is 1.